The summed E-state index contributed by atoms with van der Waals surface area (Å²) in [4.78, 5) is 26.3. The number of aryl methyl sites for hydroxylation is 1. The molecule has 180 valence electrons. The van der Waals surface area contributed by atoms with Crippen molar-refractivity contribution in [3.05, 3.63) is 71.7 Å². The SMILES string of the molecule is COc1ccc(Nc2cc(F)cc(CNC(=O)c3ncnc4nc(C5CCCC5)n(C)c34)c2)cc1. The van der Waals surface area contributed by atoms with Crippen molar-refractivity contribution in [2.75, 3.05) is 12.4 Å². The van der Waals surface area contributed by atoms with E-state index in [0.29, 0.717) is 28.3 Å². The molecule has 2 N–H and O–H groups in total. The average molecular weight is 475 g/mol. The molecule has 0 spiro atoms. The monoisotopic (exact) mass is 474 g/mol. The Balaban J connectivity index is 1.33. The van der Waals surface area contributed by atoms with Gasteiger partial charge in [-0.05, 0) is 60.9 Å². The molecule has 0 bridgehead atoms. The third-order valence-electron chi connectivity index (χ3n) is 6.43. The van der Waals surface area contributed by atoms with Gasteiger partial charge in [0.1, 0.15) is 29.2 Å². The highest BCUT2D eigenvalue weighted by atomic mass is 19.1. The molecule has 1 aliphatic carbocycles. The highest BCUT2D eigenvalue weighted by Crippen LogP contribution is 2.34. The molecule has 0 saturated heterocycles. The van der Waals surface area contributed by atoms with Crippen LogP contribution in [0, 0.1) is 5.82 Å². The first kappa shape index (κ1) is 22.8. The van der Waals surface area contributed by atoms with Crippen LogP contribution in [0.4, 0.5) is 15.8 Å². The van der Waals surface area contributed by atoms with Crippen molar-refractivity contribution < 1.29 is 13.9 Å². The van der Waals surface area contributed by atoms with Crippen molar-refractivity contribution in [3.8, 4) is 5.75 Å². The Morgan fingerprint density at radius 3 is 2.63 bits per heavy atom. The van der Waals surface area contributed by atoms with Gasteiger partial charge in [-0.15, -0.1) is 0 Å². The first-order valence-corrected chi connectivity index (χ1v) is 11.7. The minimum atomic E-state index is -0.398. The van der Waals surface area contributed by atoms with Crippen molar-refractivity contribution in [2.24, 2.45) is 7.05 Å². The molecule has 1 saturated carbocycles. The Morgan fingerprint density at radius 2 is 1.89 bits per heavy atom. The van der Waals surface area contributed by atoms with Gasteiger partial charge in [0.05, 0.1) is 7.11 Å². The number of amides is 1. The number of fused-ring (bicyclic) bond motifs is 1. The summed E-state index contributed by atoms with van der Waals surface area (Å²) >= 11 is 0. The molecule has 1 fully saturated rings. The first-order chi connectivity index (χ1) is 17.0. The van der Waals surface area contributed by atoms with E-state index in [1.54, 1.807) is 13.2 Å². The van der Waals surface area contributed by atoms with Crippen molar-refractivity contribution in [1.82, 2.24) is 24.8 Å². The molecule has 35 heavy (non-hydrogen) atoms. The molecule has 0 radical (unpaired) electrons. The van der Waals surface area contributed by atoms with Gasteiger partial charge in [-0.25, -0.2) is 19.3 Å². The van der Waals surface area contributed by atoms with E-state index >= 15 is 0 Å². The fourth-order valence-electron chi connectivity index (χ4n) is 4.71. The van der Waals surface area contributed by atoms with Gasteiger partial charge in [-0.1, -0.05) is 12.8 Å². The summed E-state index contributed by atoms with van der Waals surface area (Å²) in [6, 6.07) is 11.9. The van der Waals surface area contributed by atoms with Crippen molar-refractivity contribution in [2.45, 2.75) is 38.1 Å². The topological polar surface area (TPSA) is 94.0 Å². The largest absolute Gasteiger partial charge is 0.497 e. The van der Waals surface area contributed by atoms with E-state index in [0.717, 1.165) is 30.1 Å². The summed E-state index contributed by atoms with van der Waals surface area (Å²) in [7, 11) is 3.51. The number of nitrogens with one attached hydrogen (secondary N) is 2. The van der Waals surface area contributed by atoms with Gasteiger partial charge in [0.15, 0.2) is 11.3 Å². The average Bonchev–Trinajstić information content (AvgIpc) is 3.51. The van der Waals surface area contributed by atoms with Gasteiger partial charge in [0.2, 0.25) is 0 Å². The Morgan fingerprint density at radius 1 is 1.11 bits per heavy atom. The normalized spacial score (nSPS) is 13.8. The second-order valence-corrected chi connectivity index (χ2v) is 8.79. The lowest BCUT2D eigenvalue weighted by Crippen LogP contribution is -2.25. The minimum Gasteiger partial charge on any atom is -0.497 e. The molecule has 2 aromatic heterocycles. The molecule has 5 rings (SSSR count). The van der Waals surface area contributed by atoms with E-state index in [1.807, 2.05) is 35.9 Å². The standard InChI is InChI=1S/C26H27FN6O2/c1-33-23-22(29-15-30-24(23)32-25(33)17-5-3-4-6-17)26(34)28-14-16-11-18(27)13-20(12-16)31-19-7-9-21(35-2)10-8-19/h7-13,15,17,31H,3-6,14H2,1-2H3,(H,28,34). The molecule has 0 unspecified atom stereocenters. The quantitative estimate of drug-likeness (QED) is 0.398. The Labute approximate surface area is 202 Å². The third kappa shape index (κ3) is 4.80. The van der Waals surface area contributed by atoms with E-state index in [4.69, 9.17) is 9.72 Å². The number of ether oxygens (including phenoxy) is 1. The summed E-state index contributed by atoms with van der Waals surface area (Å²) < 4.78 is 21.4. The van der Waals surface area contributed by atoms with E-state index in [9.17, 15) is 9.18 Å². The van der Waals surface area contributed by atoms with Gasteiger partial charge in [-0.2, -0.15) is 0 Å². The molecule has 4 aromatic rings. The van der Waals surface area contributed by atoms with Gasteiger partial charge < -0.3 is 19.9 Å². The highest BCUT2D eigenvalue weighted by molar-refractivity contribution is 6.02. The lowest BCUT2D eigenvalue weighted by molar-refractivity contribution is 0.0947. The molecule has 0 atom stereocenters. The molecule has 2 aromatic carbocycles. The maximum atomic E-state index is 14.3. The molecule has 1 amide bonds. The third-order valence-corrected chi connectivity index (χ3v) is 6.43. The van der Waals surface area contributed by atoms with E-state index in [-0.39, 0.29) is 18.1 Å². The molecule has 0 aliphatic heterocycles. The van der Waals surface area contributed by atoms with Gasteiger partial charge >= 0.3 is 0 Å². The predicted octanol–water partition coefficient (Wildman–Crippen LogP) is 4.84. The van der Waals surface area contributed by atoms with Crippen molar-refractivity contribution in [1.29, 1.82) is 0 Å². The first-order valence-electron chi connectivity index (χ1n) is 11.7. The van der Waals surface area contributed by atoms with Crippen LogP contribution in [0.1, 0.15) is 53.5 Å². The molecule has 2 heterocycles. The van der Waals surface area contributed by atoms with E-state index in [2.05, 4.69) is 20.6 Å². The number of aromatic nitrogens is 4. The minimum absolute atomic E-state index is 0.146. The second-order valence-electron chi connectivity index (χ2n) is 8.79. The number of hydrogen-bond donors (Lipinski definition) is 2. The number of nitrogens with zero attached hydrogens (tertiary/aromatic N) is 4. The van der Waals surface area contributed by atoms with Crippen LogP contribution in [0.2, 0.25) is 0 Å². The predicted molar refractivity (Wildman–Crippen MR) is 131 cm³/mol. The molecule has 1 aliphatic rings. The summed E-state index contributed by atoms with van der Waals surface area (Å²) in [6.45, 7) is 0.146. The lowest BCUT2D eigenvalue weighted by Gasteiger charge is -2.11. The second kappa shape index (κ2) is 9.69. The highest BCUT2D eigenvalue weighted by Gasteiger charge is 2.25. The fourth-order valence-corrected chi connectivity index (χ4v) is 4.71. The number of carbonyl (C=O) groups excluding carboxylic acids is 1. The van der Waals surface area contributed by atoms with Crippen molar-refractivity contribution >= 4 is 28.4 Å². The molecular weight excluding hydrogens is 447 g/mol. The number of hydrogen-bond acceptors (Lipinski definition) is 6. The van der Waals surface area contributed by atoms with E-state index in [1.165, 1.54) is 31.3 Å². The Hall–Kier alpha value is -4.01. The van der Waals surface area contributed by atoms with Crippen LogP contribution in [0.15, 0.2) is 48.8 Å². The maximum Gasteiger partial charge on any atom is 0.272 e. The molecular formula is C26H27FN6O2. The van der Waals surface area contributed by atoms with Crippen LogP contribution in [-0.4, -0.2) is 32.5 Å². The van der Waals surface area contributed by atoms with E-state index < -0.39 is 5.82 Å². The number of imidazole rings is 1. The zero-order valence-electron chi connectivity index (χ0n) is 19.7. The zero-order chi connectivity index (χ0) is 24.4. The summed E-state index contributed by atoms with van der Waals surface area (Å²) in [5, 5.41) is 6.04. The van der Waals surface area contributed by atoms with Crippen LogP contribution in [0.25, 0.3) is 11.2 Å². The summed E-state index contributed by atoms with van der Waals surface area (Å²) in [6.07, 6.45) is 5.94. The van der Waals surface area contributed by atoms with Gasteiger partial charge in [0, 0.05) is 30.9 Å². The number of halogens is 1. The fraction of sp³-hybridized carbons (Fsp3) is 0.308. The maximum absolute atomic E-state index is 14.3. The number of carbonyl (C=O) groups is 1. The van der Waals surface area contributed by atoms with Crippen molar-refractivity contribution in [3.63, 3.8) is 0 Å². The van der Waals surface area contributed by atoms with Crippen LogP contribution in [0.3, 0.4) is 0 Å². The Kier molecular flexibility index (Phi) is 6.31. The van der Waals surface area contributed by atoms with Gasteiger partial charge in [0.25, 0.3) is 5.91 Å². The number of benzene rings is 2. The lowest BCUT2D eigenvalue weighted by atomic mass is 10.1. The number of anilines is 2. The summed E-state index contributed by atoms with van der Waals surface area (Å²) in [5.41, 5.74) is 3.40. The zero-order valence-corrected chi connectivity index (χ0v) is 19.7. The van der Waals surface area contributed by atoms with Crippen LogP contribution >= 0.6 is 0 Å². The van der Waals surface area contributed by atoms with Crippen LogP contribution in [0.5, 0.6) is 5.75 Å². The summed E-state index contributed by atoms with van der Waals surface area (Å²) in [5.74, 6) is 1.32. The number of rotatable bonds is 7. The molecule has 9 heteroatoms. The van der Waals surface area contributed by atoms with Crippen LogP contribution < -0.4 is 15.4 Å². The Bertz CT molecular complexity index is 1360. The van der Waals surface area contributed by atoms with Crippen LogP contribution in [-0.2, 0) is 13.6 Å². The van der Waals surface area contributed by atoms with Gasteiger partial charge in [-0.3, -0.25) is 4.79 Å². The number of methoxy groups -OCH3 is 1. The smallest absolute Gasteiger partial charge is 0.272 e. The molecule has 8 nitrogen and oxygen atoms in total.